The summed E-state index contributed by atoms with van der Waals surface area (Å²) in [5.74, 6) is 0.605. The maximum Gasteiger partial charge on any atom is 0.0991 e. The van der Waals surface area contributed by atoms with Crippen molar-refractivity contribution in [3.8, 4) is 6.07 Å². The van der Waals surface area contributed by atoms with Crippen molar-refractivity contribution in [3.63, 3.8) is 0 Å². The summed E-state index contributed by atoms with van der Waals surface area (Å²) in [6.07, 6.45) is 9.35. The molecular weight excluding hydrogens is 579 g/mol. The van der Waals surface area contributed by atoms with Gasteiger partial charge >= 0.3 is 0 Å². The van der Waals surface area contributed by atoms with Crippen molar-refractivity contribution in [1.29, 1.82) is 5.26 Å². The first kappa shape index (κ1) is 27.0. The lowest BCUT2D eigenvalue weighted by molar-refractivity contribution is 0.257. The molecule has 7 aromatic rings. The van der Waals surface area contributed by atoms with Gasteiger partial charge in [0, 0.05) is 60.7 Å². The minimum absolute atomic E-state index is 0.218. The molecule has 0 saturated heterocycles. The molecule has 2 aliphatic rings. The Kier molecular flexibility index (Phi) is 6.23. The first-order valence-electron chi connectivity index (χ1n) is 15.9. The van der Waals surface area contributed by atoms with Gasteiger partial charge in [0.1, 0.15) is 0 Å². The Balaban J connectivity index is 1.12. The van der Waals surface area contributed by atoms with Gasteiger partial charge < -0.3 is 9.47 Å². The Labute approximate surface area is 272 Å². The Morgan fingerprint density at radius 2 is 1.50 bits per heavy atom. The summed E-state index contributed by atoms with van der Waals surface area (Å²) in [5.41, 5.74) is 8.25. The third-order valence-corrected chi connectivity index (χ3v) is 11.1. The van der Waals surface area contributed by atoms with Crippen molar-refractivity contribution in [3.05, 3.63) is 156 Å². The minimum Gasteiger partial charge on any atom is -0.360 e. The fourth-order valence-electron chi connectivity index (χ4n) is 7.54. The molecule has 1 aliphatic carbocycles. The average molecular weight is 610 g/mol. The molecule has 0 fully saturated rings. The van der Waals surface area contributed by atoms with Crippen LogP contribution in [0.1, 0.15) is 29.7 Å². The lowest BCUT2D eigenvalue weighted by Crippen LogP contribution is -2.39. The predicted molar refractivity (Wildman–Crippen MR) is 193 cm³/mol. The molecule has 3 nitrogen and oxygen atoms in total. The number of hydrogen-bond donors (Lipinski definition) is 0. The van der Waals surface area contributed by atoms with E-state index in [0.717, 1.165) is 12.1 Å². The highest BCUT2D eigenvalue weighted by atomic mass is 32.1. The van der Waals surface area contributed by atoms with E-state index in [4.69, 9.17) is 0 Å². The molecular formula is C42H31N3S. The van der Waals surface area contributed by atoms with Crippen molar-refractivity contribution >= 4 is 64.7 Å². The minimum atomic E-state index is 0.218. The Morgan fingerprint density at radius 1 is 0.739 bits per heavy atom. The van der Waals surface area contributed by atoms with Gasteiger partial charge in [-0.05, 0) is 59.7 Å². The van der Waals surface area contributed by atoms with Gasteiger partial charge in [0.15, 0.2) is 0 Å². The van der Waals surface area contributed by atoms with Gasteiger partial charge in [-0.1, -0.05) is 97.9 Å². The zero-order valence-corrected chi connectivity index (χ0v) is 26.3. The van der Waals surface area contributed by atoms with Crippen molar-refractivity contribution in [2.45, 2.75) is 13.0 Å². The molecule has 4 heteroatoms. The summed E-state index contributed by atoms with van der Waals surface area (Å²) >= 11 is 1.88. The van der Waals surface area contributed by atoms with Gasteiger partial charge in [0.2, 0.25) is 0 Å². The first-order valence-corrected chi connectivity index (χ1v) is 16.8. The molecule has 1 aliphatic heterocycles. The second-order valence-electron chi connectivity index (χ2n) is 12.5. The highest BCUT2D eigenvalue weighted by Crippen LogP contribution is 2.46. The fourth-order valence-corrected chi connectivity index (χ4v) is 8.67. The van der Waals surface area contributed by atoms with Crippen LogP contribution in [-0.2, 0) is 0 Å². The highest BCUT2D eigenvalue weighted by Gasteiger charge is 2.35. The third-order valence-electron chi connectivity index (χ3n) is 9.98. The molecule has 2 aromatic heterocycles. The quantitative estimate of drug-likeness (QED) is 0.194. The monoisotopic (exact) mass is 609 g/mol. The van der Waals surface area contributed by atoms with Crippen LogP contribution in [0.15, 0.2) is 140 Å². The van der Waals surface area contributed by atoms with Crippen molar-refractivity contribution in [2.24, 2.45) is 11.8 Å². The van der Waals surface area contributed by atoms with Crippen LogP contribution >= 0.6 is 11.3 Å². The first-order chi connectivity index (χ1) is 22.7. The van der Waals surface area contributed by atoms with Gasteiger partial charge in [-0.25, -0.2) is 0 Å². The molecule has 0 bridgehead atoms. The zero-order valence-electron chi connectivity index (χ0n) is 25.5. The van der Waals surface area contributed by atoms with Crippen LogP contribution in [-0.4, -0.2) is 16.0 Å². The van der Waals surface area contributed by atoms with Crippen molar-refractivity contribution < 1.29 is 0 Å². The molecule has 0 spiro atoms. The van der Waals surface area contributed by atoms with Crippen molar-refractivity contribution in [1.82, 2.24) is 9.47 Å². The van der Waals surface area contributed by atoms with Crippen molar-refractivity contribution in [2.75, 3.05) is 6.54 Å². The Bertz CT molecular complexity index is 2430. The molecule has 0 radical (unpaired) electrons. The number of fused-ring (bicyclic) bond motifs is 6. The van der Waals surface area contributed by atoms with Crippen LogP contribution in [0.2, 0.25) is 0 Å². The summed E-state index contributed by atoms with van der Waals surface area (Å²) in [5, 5.41) is 14.6. The second kappa shape index (κ2) is 10.6. The number of hydrogen-bond acceptors (Lipinski definition) is 3. The highest BCUT2D eigenvalue weighted by molar-refractivity contribution is 7.25. The summed E-state index contributed by atoms with van der Waals surface area (Å²) in [6.45, 7) is 3.29. The van der Waals surface area contributed by atoms with E-state index in [1.807, 2.05) is 23.5 Å². The van der Waals surface area contributed by atoms with Crippen LogP contribution < -0.4 is 0 Å². The number of allylic oxidation sites excluding steroid dienone is 3. The maximum absolute atomic E-state index is 9.36. The fraction of sp³-hybridized carbons (Fsp3) is 0.119. The SMILES string of the molecule is CC1C(n2c3ccccc3c3cc4sc5ccccc5c4cc32)=CC=C[C@H]1CN1C(c2ccc(C#N)cc2)=CC1c1ccccc1. The van der Waals surface area contributed by atoms with E-state index >= 15 is 0 Å². The lowest BCUT2D eigenvalue weighted by Gasteiger charge is -2.45. The van der Waals surface area contributed by atoms with E-state index in [2.05, 4.69) is 150 Å². The number of nitriles is 1. The standard InChI is InChI=1S/C42H31N3S/c1-27-31(26-44-38(29-10-3-2-4-11-29)24-39(44)30-20-18-28(25-43)19-21-30)12-9-16-36(27)45-37-15-7-5-13-32(37)34-23-42-35(22-40(34)45)33-14-6-8-17-41(33)46-42/h2-24,27,31,38H,26H2,1H3/t27?,31-,38?/m0/s1. The molecule has 9 rings (SSSR count). The average Bonchev–Trinajstić information content (AvgIpc) is 3.62. The van der Waals surface area contributed by atoms with Crippen LogP contribution in [0.4, 0.5) is 0 Å². The topological polar surface area (TPSA) is 32.0 Å². The number of rotatable bonds is 5. The van der Waals surface area contributed by atoms with Gasteiger partial charge in [0.05, 0.1) is 28.7 Å². The smallest absolute Gasteiger partial charge is 0.0991 e. The zero-order chi connectivity index (χ0) is 30.8. The van der Waals surface area contributed by atoms with E-state index < -0.39 is 0 Å². The number of thiophene rings is 1. The molecule has 3 heterocycles. The summed E-state index contributed by atoms with van der Waals surface area (Å²) < 4.78 is 5.20. The molecule has 3 atom stereocenters. The Morgan fingerprint density at radius 3 is 2.33 bits per heavy atom. The normalized spacial score (nSPS) is 19.4. The van der Waals surface area contributed by atoms with E-state index in [9.17, 15) is 5.26 Å². The van der Waals surface area contributed by atoms with Crippen LogP contribution in [0, 0.1) is 23.2 Å². The van der Waals surface area contributed by atoms with Crippen LogP contribution in [0.5, 0.6) is 0 Å². The maximum atomic E-state index is 9.36. The molecule has 0 amide bonds. The van der Waals surface area contributed by atoms with Gasteiger partial charge in [-0.15, -0.1) is 11.3 Å². The molecule has 0 N–H and O–H groups in total. The van der Waals surface area contributed by atoms with Gasteiger partial charge in [-0.3, -0.25) is 0 Å². The molecule has 2 unspecified atom stereocenters. The second-order valence-corrected chi connectivity index (χ2v) is 13.6. The summed E-state index contributed by atoms with van der Waals surface area (Å²) in [6, 6.07) is 43.7. The number of benzene rings is 5. The number of nitrogens with zero attached hydrogens (tertiary/aromatic N) is 3. The van der Waals surface area contributed by atoms with E-state index in [-0.39, 0.29) is 12.0 Å². The number of aromatic nitrogens is 1. The van der Waals surface area contributed by atoms with E-state index in [1.165, 1.54) is 58.9 Å². The summed E-state index contributed by atoms with van der Waals surface area (Å²) in [7, 11) is 0. The molecule has 5 aromatic carbocycles. The van der Waals surface area contributed by atoms with E-state index in [1.54, 1.807) is 0 Å². The molecule has 220 valence electrons. The molecule has 46 heavy (non-hydrogen) atoms. The lowest BCUT2D eigenvalue weighted by atomic mass is 9.83. The van der Waals surface area contributed by atoms with Crippen LogP contribution in [0.25, 0.3) is 53.4 Å². The molecule has 0 saturated carbocycles. The van der Waals surface area contributed by atoms with Crippen LogP contribution in [0.3, 0.4) is 0 Å². The summed E-state index contributed by atoms with van der Waals surface area (Å²) in [4.78, 5) is 2.55. The third kappa shape index (κ3) is 4.16. The van der Waals surface area contributed by atoms with Gasteiger partial charge in [0.25, 0.3) is 0 Å². The number of para-hydroxylation sites is 1. The van der Waals surface area contributed by atoms with E-state index in [0.29, 0.717) is 11.5 Å². The predicted octanol–water partition coefficient (Wildman–Crippen LogP) is 10.8. The van der Waals surface area contributed by atoms with Gasteiger partial charge in [-0.2, -0.15) is 5.26 Å². The Hall–Kier alpha value is -5.37. The largest absolute Gasteiger partial charge is 0.360 e.